The molecule has 1 aliphatic heterocycles. The van der Waals surface area contributed by atoms with Crippen molar-refractivity contribution >= 4 is 22.8 Å². The van der Waals surface area contributed by atoms with E-state index in [1.165, 1.54) is 0 Å². The second-order valence-corrected chi connectivity index (χ2v) is 6.11. The van der Waals surface area contributed by atoms with Crippen LogP contribution in [0.4, 0.5) is 17.1 Å². The monoisotopic (exact) mass is 384 g/mol. The van der Waals surface area contributed by atoms with Crippen molar-refractivity contribution in [2.75, 3.05) is 13.1 Å². The smallest absolute Gasteiger partial charge is 0.324 e. The number of carbonyl (C=O) groups is 1. The number of non-ortho nitro benzene ring substituents is 1. The van der Waals surface area contributed by atoms with E-state index in [0.717, 1.165) is 19.5 Å². The predicted octanol–water partition coefficient (Wildman–Crippen LogP) is 2.42. The van der Waals surface area contributed by atoms with Crippen molar-refractivity contribution in [3.63, 3.8) is 0 Å². The molecule has 0 saturated carbocycles. The van der Waals surface area contributed by atoms with Gasteiger partial charge >= 0.3 is 11.4 Å². The molecule has 0 aromatic heterocycles. The van der Waals surface area contributed by atoms with E-state index in [0.29, 0.717) is 24.0 Å². The summed E-state index contributed by atoms with van der Waals surface area (Å²) in [4.78, 5) is 41.4. The van der Waals surface area contributed by atoms with Crippen LogP contribution in [0, 0.1) is 36.3 Å². The molecule has 27 heavy (non-hydrogen) atoms. The molecule has 148 valence electrons. The van der Waals surface area contributed by atoms with Crippen molar-refractivity contribution in [2.24, 2.45) is 5.92 Å². The van der Waals surface area contributed by atoms with E-state index in [1.54, 1.807) is 0 Å². The molecule has 12 nitrogen and oxygen atoms in total. The summed E-state index contributed by atoms with van der Waals surface area (Å²) >= 11 is 0. The fourth-order valence-electron chi connectivity index (χ4n) is 2.67. The second-order valence-electron chi connectivity index (χ2n) is 6.11. The molecule has 2 unspecified atom stereocenters. The molecule has 0 aliphatic carbocycles. The minimum absolute atomic E-state index is 0.256. The van der Waals surface area contributed by atoms with Gasteiger partial charge in [0, 0.05) is 24.9 Å². The Balaban J connectivity index is 0.000000289. The van der Waals surface area contributed by atoms with Gasteiger partial charge < -0.3 is 5.11 Å². The van der Waals surface area contributed by atoms with Gasteiger partial charge in [0.1, 0.15) is 5.78 Å². The summed E-state index contributed by atoms with van der Waals surface area (Å²) < 4.78 is 0. The zero-order valence-corrected chi connectivity index (χ0v) is 15.0. The fraction of sp³-hybridized carbons (Fsp3) is 0.533. The molecule has 1 aliphatic rings. The van der Waals surface area contributed by atoms with E-state index in [2.05, 4.69) is 18.7 Å². The third-order valence-electron chi connectivity index (χ3n) is 4.24. The molecule has 2 rings (SSSR count). The van der Waals surface area contributed by atoms with Crippen LogP contribution in [0.3, 0.4) is 0 Å². The molecule has 1 aromatic rings. The number of phenols is 1. The first-order chi connectivity index (χ1) is 12.5. The highest BCUT2D eigenvalue weighted by atomic mass is 16.6. The normalized spacial score (nSPS) is 19.7. The van der Waals surface area contributed by atoms with Gasteiger partial charge in [0.2, 0.25) is 0 Å². The molecule has 1 N–H and O–H groups in total. The summed E-state index contributed by atoms with van der Waals surface area (Å²) in [6, 6.07) is 1.36. The van der Waals surface area contributed by atoms with Gasteiger partial charge in [-0.3, -0.25) is 40.0 Å². The zero-order chi connectivity index (χ0) is 20.9. The molecule has 1 heterocycles. The Morgan fingerprint density at radius 1 is 1.07 bits per heavy atom. The molecule has 12 heteroatoms. The van der Waals surface area contributed by atoms with Crippen molar-refractivity contribution in [3.05, 3.63) is 42.5 Å². The van der Waals surface area contributed by atoms with Crippen LogP contribution in [-0.2, 0) is 4.79 Å². The lowest BCUT2D eigenvalue weighted by Crippen LogP contribution is -2.45. The lowest BCUT2D eigenvalue weighted by Gasteiger charge is -2.34. The number of nitro groups is 3. The highest BCUT2D eigenvalue weighted by molar-refractivity contribution is 5.82. The summed E-state index contributed by atoms with van der Waals surface area (Å²) in [5, 5.41) is 40.2. The van der Waals surface area contributed by atoms with Crippen LogP contribution in [-0.4, -0.2) is 49.7 Å². The van der Waals surface area contributed by atoms with Gasteiger partial charge in [-0.15, -0.1) is 0 Å². The van der Waals surface area contributed by atoms with Gasteiger partial charge in [-0.1, -0.05) is 13.8 Å². The predicted molar refractivity (Wildman–Crippen MR) is 93.6 cm³/mol. The number of benzene rings is 1. The third kappa shape index (κ3) is 5.41. The van der Waals surface area contributed by atoms with Gasteiger partial charge in [-0.2, -0.15) is 0 Å². The lowest BCUT2D eigenvalue weighted by molar-refractivity contribution is -0.404. The maximum absolute atomic E-state index is 11.2. The van der Waals surface area contributed by atoms with Gasteiger partial charge in [-0.05, 0) is 13.5 Å². The number of carbonyl (C=O) groups excluding carboxylic acids is 1. The molecule has 0 radical (unpaired) electrons. The number of aromatic hydroxyl groups is 1. The van der Waals surface area contributed by atoms with Crippen LogP contribution < -0.4 is 0 Å². The maximum Gasteiger partial charge on any atom is 0.324 e. The quantitative estimate of drug-likeness (QED) is 0.604. The topological polar surface area (TPSA) is 170 Å². The SMILES string of the molecule is CCN1CC(C)C(=O)CC1C.O=[N+]([O-])c1cc([N+](=O)[O-])c(O)c([N+](=O)[O-])c1. The number of likely N-dealkylation sites (tertiary alicyclic amines) is 1. The average molecular weight is 384 g/mol. The van der Waals surface area contributed by atoms with Gasteiger partial charge in [0.15, 0.2) is 0 Å². The Bertz CT molecular complexity index is 731. The van der Waals surface area contributed by atoms with Crippen molar-refractivity contribution in [1.82, 2.24) is 4.90 Å². The molecular weight excluding hydrogens is 364 g/mol. The van der Waals surface area contributed by atoms with Gasteiger partial charge in [0.25, 0.3) is 11.4 Å². The number of rotatable bonds is 4. The summed E-state index contributed by atoms with van der Waals surface area (Å²) in [7, 11) is 0. The summed E-state index contributed by atoms with van der Waals surface area (Å²) in [5.74, 6) is -0.519. The molecule has 0 amide bonds. The number of nitro benzene ring substituents is 3. The van der Waals surface area contributed by atoms with Crippen molar-refractivity contribution in [1.29, 1.82) is 0 Å². The van der Waals surface area contributed by atoms with E-state index in [4.69, 9.17) is 5.11 Å². The Morgan fingerprint density at radius 2 is 1.56 bits per heavy atom. The average Bonchev–Trinajstić information content (AvgIpc) is 2.58. The Morgan fingerprint density at radius 3 is 1.93 bits per heavy atom. The minimum Gasteiger partial charge on any atom is -0.497 e. The van der Waals surface area contributed by atoms with Crippen LogP contribution in [0.5, 0.6) is 5.75 Å². The standard InChI is InChI=1S/C9H17NO.C6H3N3O7/c1-4-10-6-7(2)9(11)5-8(10)3;10-6-4(8(13)14)1-3(7(11)12)2-5(6)9(15)16/h7-8H,4-6H2,1-3H3;1-2,10H. The Kier molecular flexibility index (Phi) is 7.28. The number of phenolic OH excluding ortho intramolecular Hbond substituents is 1. The number of ketones is 1. The van der Waals surface area contributed by atoms with Crippen LogP contribution in [0.25, 0.3) is 0 Å². The second kappa shape index (κ2) is 8.98. The van der Waals surface area contributed by atoms with Crippen molar-refractivity contribution in [3.8, 4) is 5.75 Å². The first-order valence-electron chi connectivity index (χ1n) is 8.06. The summed E-state index contributed by atoms with van der Waals surface area (Å²) in [5.41, 5.74) is -3.00. The van der Waals surface area contributed by atoms with Crippen LogP contribution in [0.15, 0.2) is 12.1 Å². The van der Waals surface area contributed by atoms with Crippen molar-refractivity contribution in [2.45, 2.75) is 33.2 Å². The molecule has 0 spiro atoms. The van der Waals surface area contributed by atoms with E-state index < -0.39 is 37.6 Å². The first kappa shape index (κ1) is 21.9. The lowest BCUT2D eigenvalue weighted by atomic mass is 9.94. The number of piperidine rings is 1. The molecule has 1 aromatic carbocycles. The summed E-state index contributed by atoms with van der Waals surface area (Å²) in [6.45, 7) is 8.33. The van der Waals surface area contributed by atoms with Crippen molar-refractivity contribution < 1.29 is 24.7 Å². The fourth-order valence-corrected chi connectivity index (χ4v) is 2.67. The van der Waals surface area contributed by atoms with Crippen LogP contribution >= 0.6 is 0 Å². The third-order valence-corrected chi connectivity index (χ3v) is 4.24. The Labute approximate surface area is 153 Å². The zero-order valence-electron chi connectivity index (χ0n) is 15.0. The van der Waals surface area contributed by atoms with E-state index in [9.17, 15) is 35.1 Å². The van der Waals surface area contributed by atoms with Crippen LogP contribution in [0.2, 0.25) is 0 Å². The number of hydrogen-bond donors (Lipinski definition) is 1. The molecular formula is C15H20N4O8. The number of Topliss-reactive ketones (excluding diaryl/α,β-unsaturated/α-hetero) is 1. The first-order valence-corrected chi connectivity index (χ1v) is 8.06. The Hall–Kier alpha value is -3.15. The number of nitrogens with zero attached hydrogens (tertiary/aromatic N) is 4. The van der Waals surface area contributed by atoms with Crippen LogP contribution in [0.1, 0.15) is 27.2 Å². The number of hydrogen-bond acceptors (Lipinski definition) is 9. The van der Waals surface area contributed by atoms with Gasteiger partial charge in [0.05, 0.1) is 26.9 Å². The van der Waals surface area contributed by atoms with E-state index in [1.807, 2.05) is 6.92 Å². The molecule has 0 bridgehead atoms. The van der Waals surface area contributed by atoms with E-state index >= 15 is 0 Å². The molecule has 2 atom stereocenters. The largest absolute Gasteiger partial charge is 0.497 e. The maximum atomic E-state index is 11.2. The minimum atomic E-state index is -1.21. The highest BCUT2D eigenvalue weighted by Gasteiger charge is 2.30. The molecule has 1 fully saturated rings. The van der Waals surface area contributed by atoms with Gasteiger partial charge in [-0.25, -0.2) is 0 Å². The summed E-state index contributed by atoms with van der Waals surface area (Å²) in [6.07, 6.45) is 0.745. The highest BCUT2D eigenvalue weighted by Crippen LogP contribution is 2.38. The molecule has 1 saturated heterocycles. The van der Waals surface area contributed by atoms with E-state index in [-0.39, 0.29) is 5.92 Å².